The van der Waals surface area contributed by atoms with Crippen LogP contribution >= 0.6 is 0 Å². The lowest BCUT2D eigenvalue weighted by atomic mass is 9.82. The summed E-state index contributed by atoms with van der Waals surface area (Å²) >= 11 is 0. The predicted octanol–water partition coefficient (Wildman–Crippen LogP) is 1.68. The quantitative estimate of drug-likeness (QED) is 0.412. The minimum atomic E-state index is -0.963. The van der Waals surface area contributed by atoms with E-state index < -0.39 is 41.8 Å². The molecule has 1 spiro atoms. The van der Waals surface area contributed by atoms with Gasteiger partial charge >= 0.3 is 12.0 Å². The summed E-state index contributed by atoms with van der Waals surface area (Å²) in [6.45, 7) is -0.690. The Morgan fingerprint density at radius 1 is 1.27 bits per heavy atom. The molecule has 0 bridgehead atoms. The Bertz CT molecular complexity index is 895. The highest BCUT2D eigenvalue weighted by Crippen LogP contribution is 2.32. The van der Waals surface area contributed by atoms with Crippen molar-refractivity contribution in [2.75, 3.05) is 13.7 Å². The van der Waals surface area contributed by atoms with Crippen LogP contribution in [0.1, 0.15) is 37.7 Å². The molecule has 1 aromatic carbocycles. The second-order valence-electron chi connectivity index (χ2n) is 7.08. The lowest BCUT2D eigenvalue weighted by Gasteiger charge is -2.30. The van der Waals surface area contributed by atoms with Crippen molar-refractivity contribution in [1.82, 2.24) is 15.8 Å². The smallest absolute Gasteiger partial charge is 0.344 e. The maximum Gasteiger partial charge on any atom is 0.344 e. The third-order valence-corrected chi connectivity index (χ3v) is 5.04. The summed E-state index contributed by atoms with van der Waals surface area (Å²) in [4.78, 5) is 48.4. The van der Waals surface area contributed by atoms with Crippen molar-refractivity contribution >= 4 is 29.9 Å². The zero-order valence-corrected chi connectivity index (χ0v) is 16.4. The summed E-state index contributed by atoms with van der Waals surface area (Å²) in [5.74, 6) is -2.70. The third-order valence-electron chi connectivity index (χ3n) is 5.04. The molecule has 1 saturated heterocycles. The number of hydrogen-bond acceptors (Lipinski definition) is 6. The predicted molar refractivity (Wildman–Crippen MR) is 102 cm³/mol. The van der Waals surface area contributed by atoms with Gasteiger partial charge in [0.2, 0.25) is 0 Å². The highest BCUT2D eigenvalue weighted by Gasteiger charge is 2.52. The number of carbonyl (C=O) groups excluding carboxylic acids is 4. The molecule has 1 heterocycles. The number of esters is 1. The van der Waals surface area contributed by atoms with Gasteiger partial charge in [-0.2, -0.15) is 5.01 Å². The standard InChI is InChI=1S/C20H22FN3O6/c1-29-15-7-5-13(11-14(15)21)6-8-17(26)30-12-16(25)23-24-18(27)20(22-19(24)28)9-3-2-4-10-20/h5-8,11H,2-4,9-10,12H2,1H3,(H,22,28)(H,23,25)/b8-6+. The number of carbonyl (C=O) groups is 4. The molecule has 0 atom stereocenters. The third kappa shape index (κ3) is 4.58. The number of ether oxygens (including phenoxy) is 2. The molecule has 1 aromatic rings. The number of methoxy groups -OCH3 is 1. The first kappa shape index (κ1) is 21.3. The molecular weight excluding hydrogens is 397 g/mol. The van der Waals surface area contributed by atoms with Crippen LogP contribution in [0.3, 0.4) is 0 Å². The number of urea groups is 1. The van der Waals surface area contributed by atoms with E-state index in [1.165, 1.54) is 31.4 Å². The summed E-state index contributed by atoms with van der Waals surface area (Å²) in [5, 5.41) is 3.29. The van der Waals surface area contributed by atoms with Crippen LogP contribution in [0.2, 0.25) is 0 Å². The molecule has 3 rings (SSSR count). The number of rotatable bonds is 6. The summed E-state index contributed by atoms with van der Waals surface area (Å²) in [6.07, 6.45) is 6.01. The molecule has 1 saturated carbocycles. The molecule has 1 aliphatic heterocycles. The average molecular weight is 419 g/mol. The van der Waals surface area contributed by atoms with E-state index in [1.807, 2.05) is 0 Å². The number of hydrazine groups is 1. The normalized spacial score (nSPS) is 17.9. The number of amides is 4. The first-order valence-corrected chi connectivity index (χ1v) is 9.49. The van der Waals surface area contributed by atoms with Gasteiger partial charge < -0.3 is 14.8 Å². The van der Waals surface area contributed by atoms with Crippen molar-refractivity contribution in [1.29, 1.82) is 0 Å². The largest absolute Gasteiger partial charge is 0.494 e. The van der Waals surface area contributed by atoms with Gasteiger partial charge in [0.25, 0.3) is 11.8 Å². The maximum atomic E-state index is 13.6. The van der Waals surface area contributed by atoms with Crippen molar-refractivity contribution in [3.05, 3.63) is 35.7 Å². The molecule has 4 amide bonds. The summed E-state index contributed by atoms with van der Waals surface area (Å²) in [7, 11) is 1.34. The fourth-order valence-electron chi connectivity index (χ4n) is 3.51. The minimum absolute atomic E-state index is 0.0712. The van der Waals surface area contributed by atoms with Crippen LogP contribution in [0.5, 0.6) is 5.75 Å². The molecule has 0 unspecified atom stereocenters. The van der Waals surface area contributed by atoms with Crippen molar-refractivity contribution in [2.24, 2.45) is 0 Å². The van der Waals surface area contributed by atoms with Crippen LogP contribution in [0.4, 0.5) is 9.18 Å². The first-order chi connectivity index (χ1) is 14.3. The van der Waals surface area contributed by atoms with E-state index in [-0.39, 0.29) is 5.75 Å². The van der Waals surface area contributed by atoms with Crippen LogP contribution in [0.15, 0.2) is 24.3 Å². The highest BCUT2D eigenvalue weighted by atomic mass is 19.1. The molecule has 0 aromatic heterocycles. The number of imide groups is 1. The van der Waals surface area contributed by atoms with Gasteiger partial charge in [0.05, 0.1) is 7.11 Å². The Kier molecular flexibility index (Phi) is 6.34. The van der Waals surface area contributed by atoms with Gasteiger partial charge in [0, 0.05) is 6.08 Å². The molecule has 0 radical (unpaired) electrons. The number of halogens is 1. The first-order valence-electron chi connectivity index (χ1n) is 9.49. The Morgan fingerprint density at radius 2 is 2.00 bits per heavy atom. The van der Waals surface area contributed by atoms with E-state index in [4.69, 9.17) is 9.47 Å². The van der Waals surface area contributed by atoms with Crippen LogP contribution < -0.4 is 15.5 Å². The molecule has 9 nitrogen and oxygen atoms in total. The molecule has 1 aliphatic carbocycles. The van der Waals surface area contributed by atoms with Gasteiger partial charge in [0.1, 0.15) is 5.54 Å². The van der Waals surface area contributed by atoms with Crippen molar-refractivity contribution in [2.45, 2.75) is 37.6 Å². The molecule has 160 valence electrons. The summed E-state index contributed by atoms with van der Waals surface area (Å²) in [5.41, 5.74) is 1.60. The van der Waals surface area contributed by atoms with Gasteiger partial charge in [-0.1, -0.05) is 25.3 Å². The Labute approximate surface area is 172 Å². The van der Waals surface area contributed by atoms with Crippen LogP contribution in [0, 0.1) is 5.82 Å². The lowest BCUT2D eigenvalue weighted by molar-refractivity contribution is -0.147. The minimum Gasteiger partial charge on any atom is -0.494 e. The Hall–Kier alpha value is -3.43. The fraction of sp³-hybridized carbons (Fsp3) is 0.400. The van der Waals surface area contributed by atoms with E-state index in [0.29, 0.717) is 23.4 Å². The Balaban J connectivity index is 1.49. The van der Waals surface area contributed by atoms with Gasteiger partial charge in [-0.3, -0.25) is 15.0 Å². The average Bonchev–Trinajstić information content (AvgIpc) is 2.95. The van der Waals surface area contributed by atoms with Crippen LogP contribution in [-0.2, 0) is 19.1 Å². The number of nitrogens with zero attached hydrogens (tertiary/aromatic N) is 1. The monoisotopic (exact) mass is 419 g/mol. The molecular formula is C20H22FN3O6. The van der Waals surface area contributed by atoms with Crippen LogP contribution in [-0.4, -0.2) is 48.1 Å². The topological polar surface area (TPSA) is 114 Å². The van der Waals surface area contributed by atoms with Gasteiger partial charge in [-0.15, -0.1) is 0 Å². The van der Waals surface area contributed by atoms with Gasteiger partial charge in [-0.25, -0.2) is 14.0 Å². The van der Waals surface area contributed by atoms with E-state index in [2.05, 4.69) is 10.7 Å². The van der Waals surface area contributed by atoms with Crippen molar-refractivity contribution in [3.63, 3.8) is 0 Å². The number of hydrogen-bond donors (Lipinski definition) is 2. The number of benzene rings is 1. The van der Waals surface area contributed by atoms with E-state index in [0.717, 1.165) is 25.3 Å². The molecule has 30 heavy (non-hydrogen) atoms. The van der Waals surface area contributed by atoms with E-state index >= 15 is 0 Å². The molecule has 2 fully saturated rings. The lowest BCUT2D eigenvalue weighted by Crippen LogP contribution is -2.51. The van der Waals surface area contributed by atoms with Gasteiger partial charge in [0.15, 0.2) is 18.2 Å². The van der Waals surface area contributed by atoms with Crippen molar-refractivity contribution < 1.29 is 33.0 Å². The number of nitrogens with one attached hydrogen (secondary N) is 2. The van der Waals surface area contributed by atoms with E-state index in [9.17, 15) is 23.6 Å². The van der Waals surface area contributed by atoms with Crippen LogP contribution in [0.25, 0.3) is 6.08 Å². The summed E-state index contributed by atoms with van der Waals surface area (Å²) in [6, 6.07) is 3.42. The summed E-state index contributed by atoms with van der Waals surface area (Å²) < 4.78 is 23.2. The van der Waals surface area contributed by atoms with Gasteiger partial charge in [-0.05, 0) is 36.6 Å². The zero-order chi connectivity index (χ0) is 21.7. The second kappa shape index (κ2) is 8.93. The molecule has 2 aliphatic rings. The SMILES string of the molecule is COc1ccc(/C=C/C(=O)OCC(=O)NN2C(=O)NC3(CCCCC3)C2=O)cc1F. The van der Waals surface area contributed by atoms with Crippen molar-refractivity contribution in [3.8, 4) is 5.75 Å². The molecule has 2 N–H and O–H groups in total. The fourth-order valence-corrected chi connectivity index (χ4v) is 3.51. The Morgan fingerprint density at radius 3 is 2.67 bits per heavy atom. The highest BCUT2D eigenvalue weighted by molar-refractivity contribution is 6.08. The maximum absolute atomic E-state index is 13.6. The molecule has 10 heteroatoms. The zero-order valence-electron chi connectivity index (χ0n) is 16.4. The van der Waals surface area contributed by atoms with E-state index in [1.54, 1.807) is 0 Å². The second-order valence-corrected chi connectivity index (χ2v) is 7.08.